The Hall–Kier alpha value is -0.340. The first-order chi connectivity index (χ1) is 4.18. The molecule has 0 aliphatic rings. The molecule has 0 aromatic carbocycles. The van der Waals surface area contributed by atoms with Gasteiger partial charge >= 0.3 is 0 Å². The van der Waals surface area contributed by atoms with E-state index >= 15 is 0 Å². The summed E-state index contributed by atoms with van der Waals surface area (Å²) in [6.07, 6.45) is 2.08. The van der Waals surface area contributed by atoms with Crippen molar-refractivity contribution in [2.24, 2.45) is 0 Å². The Morgan fingerprint density at radius 3 is 1.78 bits per heavy atom. The van der Waals surface area contributed by atoms with E-state index in [1.165, 1.54) is 5.57 Å². The highest BCUT2D eigenvalue weighted by Gasteiger charge is 1.60. The first-order valence-corrected chi connectivity index (χ1v) is 3.04. The zero-order chi connectivity index (χ0) is 7.70. The number of rotatable bonds is 1. The van der Waals surface area contributed by atoms with E-state index in [1.807, 2.05) is 6.92 Å². The van der Waals surface area contributed by atoms with E-state index < -0.39 is 0 Å². The molecule has 0 aliphatic heterocycles. The van der Waals surface area contributed by atoms with Crippen LogP contribution in [0.25, 0.3) is 0 Å². The van der Waals surface area contributed by atoms with Gasteiger partial charge in [0.05, 0.1) is 6.61 Å². The third-order valence-electron chi connectivity index (χ3n) is 0.706. The Kier molecular flexibility index (Phi) is 13.5. The summed E-state index contributed by atoms with van der Waals surface area (Å²) in [7, 11) is 0. The number of allylic oxidation sites excluding steroid dienone is 2. The fourth-order valence-electron chi connectivity index (χ4n) is 0. The van der Waals surface area contributed by atoms with Crippen LogP contribution in [-0.2, 0) is 4.89 Å². The van der Waals surface area contributed by atoms with Crippen LogP contribution in [0.15, 0.2) is 11.6 Å². The molecule has 0 heterocycles. The first kappa shape index (κ1) is 11.5. The Balaban J connectivity index is 0. The van der Waals surface area contributed by atoms with E-state index in [4.69, 9.17) is 5.26 Å². The van der Waals surface area contributed by atoms with E-state index in [1.54, 1.807) is 6.92 Å². The molecule has 0 atom stereocenters. The quantitative estimate of drug-likeness (QED) is 0.337. The van der Waals surface area contributed by atoms with Gasteiger partial charge in [-0.3, -0.25) is 5.26 Å². The average Bonchev–Trinajstić information content (AvgIpc) is 1.89. The van der Waals surface area contributed by atoms with Gasteiger partial charge in [-0.2, -0.15) is 0 Å². The molecule has 0 aliphatic carbocycles. The van der Waals surface area contributed by atoms with Gasteiger partial charge in [0.1, 0.15) is 0 Å². The summed E-state index contributed by atoms with van der Waals surface area (Å²) in [5.41, 5.74) is 1.38. The molecule has 0 saturated carbocycles. The largest absolute Gasteiger partial charge is 0.252 e. The highest BCUT2D eigenvalue weighted by molar-refractivity contribution is 4.88. The van der Waals surface area contributed by atoms with E-state index in [0.29, 0.717) is 6.61 Å². The SMILES string of the molecule is CC=C(C)C.CCOO. The monoisotopic (exact) mass is 132 g/mol. The highest BCUT2D eigenvalue weighted by atomic mass is 17.1. The van der Waals surface area contributed by atoms with E-state index in [0.717, 1.165) is 0 Å². The maximum absolute atomic E-state index is 7.38. The summed E-state index contributed by atoms with van der Waals surface area (Å²) in [6.45, 7) is 8.29. The number of hydrogen-bond donors (Lipinski definition) is 1. The van der Waals surface area contributed by atoms with E-state index in [-0.39, 0.29) is 0 Å². The van der Waals surface area contributed by atoms with Crippen LogP contribution in [-0.4, -0.2) is 11.9 Å². The lowest BCUT2D eigenvalue weighted by Crippen LogP contribution is -1.74. The Labute approximate surface area is 57.1 Å². The standard InChI is InChI=1S/C5H10.C2H6O2/c1-4-5(2)3;1-2-4-3/h4H,1-3H3;3H,2H2,1H3. The van der Waals surface area contributed by atoms with Crippen LogP contribution in [0.5, 0.6) is 0 Å². The van der Waals surface area contributed by atoms with Gasteiger partial charge in [0.2, 0.25) is 0 Å². The van der Waals surface area contributed by atoms with Crippen LogP contribution in [0.3, 0.4) is 0 Å². The molecule has 0 saturated heterocycles. The summed E-state index contributed by atoms with van der Waals surface area (Å²) >= 11 is 0. The summed E-state index contributed by atoms with van der Waals surface area (Å²) in [6, 6.07) is 0. The zero-order valence-electron chi connectivity index (χ0n) is 6.64. The second kappa shape index (κ2) is 10.6. The minimum absolute atomic E-state index is 0.375. The van der Waals surface area contributed by atoms with Crippen molar-refractivity contribution in [3.8, 4) is 0 Å². The normalized spacial score (nSPS) is 7.22. The van der Waals surface area contributed by atoms with Gasteiger partial charge in [0, 0.05) is 0 Å². The average molecular weight is 132 g/mol. The van der Waals surface area contributed by atoms with Crippen LogP contribution in [0, 0.1) is 0 Å². The smallest absolute Gasteiger partial charge is 0.0791 e. The molecule has 56 valence electrons. The molecule has 0 aromatic rings. The molecule has 0 fully saturated rings. The minimum atomic E-state index is 0.375. The molecule has 0 radical (unpaired) electrons. The van der Waals surface area contributed by atoms with Gasteiger partial charge in [-0.05, 0) is 27.7 Å². The molecule has 2 heteroatoms. The molecule has 0 amide bonds. The predicted octanol–water partition coefficient (Wildman–Crippen LogP) is 2.47. The van der Waals surface area contributed by atoms with Crippen molar-refractivity contribution in [3.63, 3.8) is 0 Å². The van der Waals surface area contributed by atoms with Gasteiger partial charge in [-0.15, -0.1) is 0 Å². The molecule has 0 rings (SSSR count). The van der Waals surface area contributed by atoms with Crippen LogP contribution >= 0.6 is 0 Å². The second-order valence-electron chi connectivity index (χ2n) is 1.78. The molecule has 0 spiro atoms. The molecule has 1 N–H and O–H groups in total. The van der Waals surface area contributed by atoms with E-state index in [9.17, 15) is 0 Å². The zero-order valence-corrected chi connectivity index (χ0v) is 6.64. The Bertz CT molecular complexity index is 61.3. The van der Waals surface area contributed by atoms with Crippen molar-refractivity contribution in [1.29, 1.82) is 0 Å². The lowest BCUT2D eigenvalue weighted by atomic mass is 10.3. The minimum Gasteiger partial charge on any atom is -0.252 e. The van der Waals surface area contributed by atoms with Crippen molar-refractivity contribution in [2.75, 3.05) is 6.61 Å². The topological polar surface area (TPSA) is 29.5 Å². The Morgan fingerprint density at radius 1 is 1.56 bits per heavy atom. The van der Waals surface area contributed by atoms with Gasteiger partial charge in [0.25, 0.3) is 0 Å². The van der Waals surface area contributed by atoms with Gasteiger partial charge < -0.3 is 0 Å². The van der Waals surface area contributed by atoms with Crippen LogP contribution in [0.2, 0.25) is 0 Å². The highest BCUT2D eigenvalue weighted by Crippen LogP contribution is 1.82. The van der Waals surface area contributed by atoms with Crippen molar-refractivity contribution in [2.45, 2.75) is 27.7 Å². The fraction of sp³-hybridized carbons (Fsp3) is 0.714. The first-order valence-electron chi connectivity index (χ1n) is 3.04. The van der Waals surface area contributed by atoms with Crippen molar-refractivity contribution >= 4 is 0 Å². The third-order valence-corrected chi connectivity index (χ3v) is 0.706. The summed E-state index contributed by atoms with van der Waals surface area (Å²) in [5.74, 6) is 0. The Morgan fingerprint density at radius 2 is 1.78 bits per heavy atom. The predicted molar refractivity (Wildman–Crippen MR) is 39.4 cm³/mol. The van der Waals surface area contributed by atoms with Crippen molar-refractivity contribution < 1.29 is 10.1 Å². The lowest BCUT2D eigenvalue weighted by molar-refractivity contribution is -0.237. The van der Waals surface area contributed by atoms with E-state index in [2.05, 4.69) is 24.8 Å². The van der Waals surface area contributed by atoms with Crippen LogP contribution in [0.4, 0.5) is 0 Å². The summed E-state index contributed by atoms with van der Waals surface area (Å²) < 4.78 is 0. The maximum Gasteiger partial charge on any atom is 0.0791 e. The van der Waals surface area contributed by atoms with Gasteiger partial charge in [0.15, 0.2) is 0 Å². The van der Waals surface area contributed by atoms with Crippen LogP contribution in [0.1, 0.15) is 27.7 Å². The third kappa shape index (κ3) is 34.7. The number of hydrogen-bond acceptors (Lipinski definition) is 2. The summed E-state index contributed by atoms with van der Waals surface area (Å²) in [4.78, 5) is 3.54. The van der Waals surface area contributed by atoms with Gasteiger partial charge in [-0.25, -0.2) is 4.89 Å². The summed E-state index contributed by atoms with van der Waals surface area (Å²) in [5, 5.41) is 7.38. The van der Waals surface area contributed by atoms with Crippen molar-refractivity contribution in [3.05, 3.63) is 11.6 Å². The van der Waals surface area contributed by atoms with Gasteiger partial charge in [-0.1, -0.05) is 11.6 Å². The fourth-order valence-corrected chi connectivity index (χ4v) is 0. The molecule has 2 nitrogen and oxygen atoms in total. The molecule has 0 aromatic heterocycles. The lowest BCUT2D eigenvalue weighted by Gasteiger charge is -1.74. The molecule has 0 bridgehead atoms. The second-order valence-corrected chi connectivity index (χ2v) is 1.78. The molecule has 0 unspecified atom stereocenters. The molecular formula is C7H16O2. The van der Waals surface area contributed by atoms with Crippen LogP contribution < -0.4 is 0 Å². The molecule has 9 heavy (non-hydrogen) atoms. The molecular weight excluding hydrogens is 116 g/mol. The maximum atomic E-state index is 7.38. The van der Waals surface area contributed by atoms with Crippen molar-refractivity contribution in [1.82, 2.24) is 0 Å².